The zero-order valence-corrected chi connectivity index (χ0v) is 14.4. The molecule has 0 unspecified atom stereocenters. The van der Waals surface area contributed by atoms with E-state index in [4.69, 9.17) is 15.2 Å². The Morgan fingerprint density at radius 2 is 1.86 bits per heavy atom. The molecule has 1 aromatic rings. The normalized spacial score (nSPS) is 12.0. The van der Waals surface area contributed by atoms with Crippen LogP contribution >= 0.6 is 0 Å². The Labute approximate surface area is 133 Å². The number of benzene rings is 1. The number of amides is 1. The Kier molecular flexibility index (Phi) is 5.83. The summed E-state index contributed by atoms with van der Waals surface area (Å²) in [6.07, 6.45) is 0.327. The van der Waals surface area contributed by atoms with Gasteiger partial charge in [-0.15, -0.1) is 0 Å². The molecule has 5 nitrogen and oxygen atoms in total. The summed E-state index contributed by atoms with van der Waals surface area (Å²) >= 11 is 0. The van der Waals surface area contributed by atoms with Crippen LogP contribution in [0.15, 0.2) is 18.2 Å². The largest absolute Gasteiger partial charge is 0.497 e. The third-order valence-corrected chi connectivity index (χ3v) is 3.36. The van der Waals surface area contributed by atoms with E-state index < -0.39 is 11.7 Å². The van der Waals surface area contributed by atoms with Crippen LogP contribution in [0.25, 0.3) is 0 Å². The highest BCUT2D eigenvalue weighted by Gasteiger charge is 2.25. The molecule has 0 saturated heterocycles. The summed E-state index contributed by atoms with van der Waals surface area (Å²) in [5, 5.41) is 2.82. The van der Waals surface area contributed by atoms with E-state index in [2.05, 4.69) is 19.2 Å². The van der Waals surface area contributed by atoms with Gasteiger partial charge in [0, 0.05) is 6.07 Å². The molecule has 1 rings (SSSR count). The Balaban J connectivity index is 3.12. The van der Waals surface area contributed by atoms with Crippen LogP contribution in [0, 0.1) is 0 Å². The number of nitrogens with one attached hydrogen (secondary N) is 1. The first-order valence-electron chi connectivity index (χ1n) is 7.47. The van der Waals surface area contributed by atoms with Crippen LogP contribution in [0.4, 0.5) is 10.5 Å². The van der Waals surface area contributed by atoms with Crippen molar-refractivity contribution in [2.45, 2.75) is 52.1 Å². The van der Waals surface area contributed by atoms with Crippen molar-refractivity contribution in [2.24, 2.45) is 5.73 Å². The molecule has 0 aliphatic carbocycles. The quantitative estimate of drug-likeness (QED) is 0.870. The van der Waals surface area contributed by atoms with Crippen molar-refractivity contribution in [3.8, 4) is 5.75 Å². The van der Waals surface area contributed by atoms with Gasteiger partial charge in [0.05, 0.1) is 12.8 Å². The van der Waals surface area contributed by atoms with Gasteiger partial charge in [-0.1, -0.05) is 19.9 Å². The molecule has 5 heteroatoms. The Hall–Kier alpha value is -1.75. The molecule has 1 amide bonds. The molecular formula is C17H28N2O3. The van der Waals surface area contributed by atoms with E-state index in [1.807, 2.05) is 32.9 Å². The van der Waals surface area contributed by atoms with Crippen molar-refractivity contribution in [2.75, 3.05) is 19.0 Å². The highest BCUT2D eigenvalue weighted by molar-refractivity contribution is 5.86. The molecule has 0 heterocycles. The molecule has 3 N–H and O–H groups in total. The molecule has 1 aromatic carbocycles. The summed E-state index contributed by atoms with van der Waals surface area (Å²) in [6.45, 7) is 10.3. The monoisotopic (exact) mass is 308 g/mol. The fraction of sp³-hybridized carbons (Fsp3) is 0.588. The maximum Gasteiger partial charge on any atom is 0.412 e. The minimum absolute atomic E-state index is 0.161. The van der Waals surface area contributed by atoms with Crippen molar-refractivity contribution in [1.82, 2.24) is 0 Å². The molecule has 22 heavy (non-hydrogen) atoms. The third-order valence-electron chi connectivity index (χ3n) is 3.36. The SMILES string of the molecule is COc1ccc(C(C)(C)CCN)c(NC(=O)OC(C)(C)C)c1. The minimum Gasteiger partial charge on any atom is -0.497 e. The van der Waals surface area contributed by atoms with Crippen molar-refractivity contribution in [3.63, 3.8) is 0 Å². The first-order chi connectivity index (χ1) is 10.1. The van der Waals surface area contributed by atoms with Gasteiger partial charge in [0.2, 0.25) is 0 Å². The summed E-state index contributed by atoms with van der Waals surface area (Å²) < 4.78 is 10.6. The van der Waals surface area contributed by atoms with E-state index in [1.54, 1.807) is 13.2 Å². The van der Waals surface area contributed by atoms with Crippen LogP contribution in [-0.2, 0) is 10.2 Å². The van der Waals surface area contributed by atoms with E-state index in [0.29, 0.717) is 18.0 Å². The van der Waals surface area contributed by atoms with Gasteiger partial charge in [0.15, 0.2) is 0 Å². The maximum atomic E-state index is 12.1. The number of ether oxygens (including phenoxy) is 2. The number of carbonyl (C=O) groups excluding carboxylic acids is 1. The lowest BCUT2D eigenvalue weighted by atomic mass is 9.80. The molecule has 0 aliphatic heterocycles. The molecule has 0 radical (unpaired) electrons. The number of hydrogen-bond donors (Lipinski definition) is 2. The Bertz CT molecular complexity index is 519. The standard InChI is InChI=1S/C17H28N2O3/c1-16(2,3)22-15(20)19-14-11-12(21-6)7-8-13(14)17(4,5)9-10-18/h7-8,11H,9-10,18H2,1-6H3,(H,19,20). The maximum absolute atomic E-state index is 12.1. The number of nitrogens with two attached hydrogens (primary N) is 1. The zero-order chi connectivity index (χ0) is 17.0. The molecule has 0 spiro atoms. The zero-order valence-electron chi connectivity index (χ0n) is 14.4. The summed E-state index contributed by atoms with van der Waals surface area (Å²) in [4.78, 5) is 12.1. The minimum atomic E-state index is -0.546. The number of anilines is 1. The topological polar surface area (TPSA) is 73.6 Å². The predicted octanol–water partition coefficient (Wildman–Crippen LogP) is 3.67. The van der Waals surface area contributed by atoms with Crippen LogP contribution < -0.4 is 15.8 Å². The summed E-state index contributed by atoms with van der Waals surface area (Å²) in [5.74, 6) is 0.679. The van der Waals surface area contributed by atoms with Crippen molar-refractivity contribution in [1.29, 1.82) is 0 Å². The average Bonchev–Trinajstić information content (AvgIpc) is 2.35. The number of hydrogen-bond acceptors (Lipinski definition) is 4. The first kappa shape index (κ1) is 18.3. The van der Waals surface area contributed by atoms with Gasteiger partial charge in [-0.05, 0) is 50.8 Å². The highest BCUT2D eigenvalue weighted by atomic mass is 16.6. The Morgan fingerprint density at radius 3 is 2.36 bits per heavy atom. The lowest BCUT2D eigenvalue weighted by molar-refractivity contribution is 0.0635. The molecule has 0 bridgehead atoms. The van der Waals surface area contributed by atoms with E-state index >= 15 is 0 Å². The fourth-order valence-electron chi connectivity index (χ4n) is 2.25. The molecule has 0 fully saturated rings. The number of rotatable bonds is 5. The number of methoxy groups -OCH3 is 1. The van der Waals surface area contributed by atoms with E-state index in [9.17, 15) is 4.79 Å². The lowest BCUT2D eigenvalue weighted by Gasteiger charge is -2.28. The first-order valence-corrected chi connectivity index (χ1v) is 7.47. The van der Waals surface area contributed by atoms with Gasteiger partial charge in [-0.2, -0.15) is 0 Å². The second kappa shape index (κ2) is 7.01. The van der Waals surface area contributed by atoms with Crippen LogP contribution in [0.3, 0.4) is 0 Å². The predicted molar refractivity (Wildman–Crippen MR) is 89.5 cm³/mol. The second-order valence-corrected chi connectivity index (χ2v) is 6.96. The second-order valence-electron chi connectivity index (χ2n) is 6.96. The summed E-state index contributed by atoms with van der Waals surface area (Å²) in [6, 6.07) is 5.65. The molecule has 0 atom stereocenters. The van der Waals surface area contributed by atoms with E-state index in [0.717, 1.165) is 12.0 Å². The molecular weight excluding hydrogens is 280 g/mol. The molecule has 124 valence electrons. The fourth-order valence-corrected chi connectivity index (χ4v) is 2.25. The van der Waals surface area contributed by atoms with Crippen molar-refractivity contribution < 1.29 is 14.3 Å². The van der Waals surface area contributed by atoms with Gasteiger partial charge in [-0.25, -0.2) is 4.79 Å². The van der Waals surface area contributed by atoms with Gasteiger partial charge < -0.3 is 15.2 Å². The number of carbonyl (C=O) groups is 1. The lowest BCUT2D eigenvalue weighted by Crippen LogP contribution is -2.29. The molecule has 0 saturated carbocycles. The van der Waals surface area contributed by atoms with E-state index in [1.165, 1.54) is 0 Å². The Morgan fingerprint density at radius 1 is 1.23 bits per heavy atom. The average molecular weight is 308 g/mol. The summed E-state index contributed by atoms with van der Waals surface area (Å²) in [7, 11) is 1.59. The van der Waals surface area contributed by atoms with Crippen LogP contribution in [-0.4, -0.2) is 25.3 Å². The molecule has 0 aliphatic rings. The van der Waals surface area contributed by atoms with Crippen molar-refractivity contribution in [3.05, 3.63) is 23.8 Å². The van der Waals surface area contributed by atoms with Crippen LogP contribution in [0.2, 0.25) is 0 Å². The van der Waals surface area contributed by atoms with Gasteiger partial charge in [0.25, 0.3) is 0 Å². The molecule has 0 aromatic heterocycles. The van der Waals surface area contributed by atoms with Crippen LogP contribution in [0.1, 0.15) is 46.6 Å². The van der Waals surface area contributed by atoms with Gasteiger partial charge in [0.1, 0.15) is 11.4 Å². The highest BCUT2D eigenvalue weighted by Crippen LogP contribution is 2.35. The van der Waals surface area contributed by atoms with Gasteiger partial charge >= 0.3 is 6.09 Å². The smallest absolute Gasteiger partial charge is 0.412 e. The third kappa shape index (κ3) is 5.22. The summed E-state index contributed by atoms with van der Waals surface area (Å²) in [5.41, 5.74) is 6.69. The van der Waals surface area contributed by atoms with Crippen LogP contribution in [0.5, 0.6) is 5.75 Å². The van der Waals surface area contributed by atoms with E-state index in [-0.39, 0.29) is 5.41 Å². The van der Waals surface area contributed by atoms with Crippen molar-refractivity contribution >= 4 is 11.8 Å². The van der Waals surface area contributed by atoms with Gasteiger partial charge in [-0.3, -0.25) is 5.32 Å².